The Hall–Kier alpha value is -2.64. The molecule has 3 rings (SSSR count). The van der Waals surface area contributed by atoms with Crippen molar-refractivity contribution >= 4 is 39.3 Å². The summed E-state index contributed by atoms with van der Waals surface area (Å²) in [7, 11) is -3.85. The van der Waals surface area contributed by atoms with Crippen LogP contribution in [0, 0.1) is 25.2 Å². The molecule has 0 unspecified atom stereocenters. The Morgan fingerprint density at radius 1 is 1.27 bits per heavy atom. The molecule has 33 heavy (non-hydrogen) atoms. The quantitative estimate of drug-likeness (QED) is 0.470. The highest BCUT2D eigenvalue weighted by Gasteiger charge is 2.29. The van der Waals surface area contributed by atoms with Gasteiger partial charge < -0.3 is 14.6 Å². The van der Waals surface area contributed by atoms with Crippen molar-refractivity contribution in [3.63, 3.8) is 0 Å². The molecule has 0 saturated carbocycles. The first-order valence-electron chi connectivity index (χ1n) is 10.7. The van der Waals surface area contributed by atoms with E-state index in [4.69, 9.17) is 16.3 Å². The van der Waals surface area contributed by atoms with Crippen LogP contribution in [0.2, 0.25) is 5.02 Å². The Balaban J connectivity index is 1.86. The van der Waals surface area contributed by atoms with E-state index in [0.717, 1.165) is 29.9 Å². The van der Waals surface area contributed by atoms with Crippen molar-refractivity contribution in [3.05, 3.63) is 51.8 Å². The van der Waals surface area contributed by atoms with Gasteiger partial charge in [-0.05, 0) is 56.2 Å². The maximum absolute atomic E-state index is 13.0. The first-order chi connectivity index (χ1) is 15.7. The molecule has 1 fully saturated rings. The van der Waals surface area contributed by atoms with Crippen LogP contribution in [-0.2, 0) is 26.1 Å². The number of nitrogens with one attached hydrogen (secondary N) is 1. The SMILES string of the molecule is CCCn1c(C)cc(/C=C(/C#N)C(=O)Nc2ccc(Cl)c(S(=O)(=O)N3CCOCC3)c2)c1C. The second-order valence-electron chi connectivity index (χ2n) is 7.76. The number of amides is 1. The first kappa shape index (κ1) is 25.0. The Labute approximate surface area is 199 Å². The van der Waals surface area contributed by atoms with Gasteiger partial charge in [0.25, 0.3) is 5.91 Å². The Kier molecular flexibility index (Phi) is 7.97. The van der Waals surface area contributed by atoms with Crippen LogP contribution in [0.4, 0.5) is 5.69 Å². The molecular weight excluding hydrogens is 464 g/mol. The second kappa shape index (κ2) is 10.5. The van der Waals surface area contributed by atoms with Crippen molar-refractivity contribution in [2.75, 3.05) is 31.6 Å². The third kappa shape index (κ3) is 5.47. The largest absolute Gasteiger partial charge is 0.379 e. The number of aromatic nitrogens is 1. The maximum Gasteiger partial charge on any atom is 0.266 e. The van der Waals surface area contributed by atoms with Gasteiger partial charge in [-0.1, -0.05) is 18.5 Å². The van der Waals surface area contributed by atoms with Crippen molar-refractivity contribution in [1.29, 1.82) is 5.26 Å². The summed E-state index contributed by atoms with van der Waals surface area (Å²) in [6.07, 6.45) is 2.52. The highest BCUT2D eigenvalue weighted by atomic mass is 35.5. The summed E-state index contributed by atoms with van der Waals surface area (Å²) in [4.78, 5) is 12.7. The molecule has 1 N–H and O–H groups in total. The summed E-state index contributed by atoms with van der Waals surface area (Å²) >= 11 is 6.18. The van der Waals surface area contributed by atoms with Gasteiger partial charge in [0.05, 0.1) is 18.2 Å². The molecule has 0 bridgehead atoms. The molecule has 1 aliphatic heterocycles. The van der Waals surface area contributed by atoms with Gasteiger partial charge in [0.1, 0.15) is 16.5 Å². The lowest BCUT2D eigenvalue weighted by atomic mass is 10.1. The van der Waals surface area contributed by atoms with Crippen molar-refractivity contribution in [2.24, 2.45) is 0 Å². The molecule has 0 aliphatic carbocycles. The van der Waals surface area contributed by atoms with Crippen LogP contribution in [0.3, 0.4) is 0 Å². The second-order valence-corrected chi connectivity index (χ2v) is 10.1. The molecule has 176 valence electrons. The van der Waals surface area contributed by atoms with E-state index in [9.17, 15) is 18.5 Å². The van der Waals surface area contributed by atoms with Gasteiger partial charge in [0.15, 0.2) is 0 Å². The lowest BCUT2D eigenvalue weighted by Crippen LogP contribution is -2.40. The van der Waals surface area contributed by atoms with E-state index in [1.807, 2.05) is 26.0 Å². The number of hydrogen-bond acceptors (Lipinski definition) is 5. The zero-order valence-electron chi connectivity index (χ0n) is 18.9. The van der Waals surface area contributed by atoms with Gasteiger partial charge in [-0.15, -0.1) is 0 Å². The number of anilines is 1. The van der Waals surface area contributed by atoms with Crippen LogP contribution in [-0.4, -0.2) is 49.5 Å². The van der Waals surface area contributed by atoms with Gasteiger partial charge >= 0.3 is 0 Å². The highest BCUT2D eigenvalue weighted by molar-refractivity contribution is 7.89. The molecule has 1 aliphatic rings. The van der Waals surface area contributed by atoms with E-state index >= 15 is 0 Å². The third-order valence-corrected chi connectivity index (χ3v) is 7.88. The summed E-state index contributed by atoms with van der Waals surface area (Å²) in [6, 6.07) is 8.10. The zero-order valence-corrected chi connectivity index (χ0v) is 20.5. The summed E-state index contributed by atoms with van der Waals surface area (Å²) in [5, 5.41) is 12.3. The summed E-state index contributed by atoms with van der Waals surface area (Å²) in [5.74, 6) is -0.630. The van der Waals surface area contributed by atoms with Crippen molar-refractivity contribution in [1.82, 2.24) is 8.87 Å². The molecule has 1 saturated heterocycles. The summed E-state index contributed by atoms with van der Waals surface area (Å²) < 4.78 is 34.7. The molecule has 10 heteroatoms. The Bertz CT molecular complexity index is 1220. The number of halogens is 1. The van der Waals surface area contributed by atoms with Gasteiger partial charge in [-0.2, -0.15) is 9.57 Å². The highest BCUT2D eigenvalue weighted by Crippen LogP contribution is 2.28. The lowest BCUT2D eigenvalue weighted by molar-refractivity contribution is -0.112. The maximum atomic E-state index is 13.0. The fourth-order valence-corrected chi connectivity index (χ4v) is 5.66. The van der Waals surface area contributed by atoms with E-state index in [1.165, 1.54) is 22.5 Å². The predicted molar refractivity (Wildman–Crippen MR) is 127 cm³/mol. The molecule has 0 atom stereocenters. The molecular formula is C23H27ClN4O4S. The average Bonchev–Trinajstić information content (AvgIpc) is 3.06. The average molecular weight is 491 g/mol. The topological polar surface area (TPSA) is 104 Å². The third-order valence-electron chi connectivity index (χ3n) is 5.50. The molecule has 1 amide bonds. The van der Waals surface area contributed by atoms with Gasteiger partial charge in [-0.3, -0.25) is 4.79 Å². The number of rotatable bonds is 7. The number of ether oxygens (including phenoxy) is 1. The molecule has 0 spiro atoms. The number of aryl methyl sites for hydroxylation is 1. The minimum absolute atomic E-state index is 0.0545. The van der Waals surface area contributed by atoms with Gasteiger partial charge in [0, 0.05) is 36.7 Å². The Morgan fingerprint density at radius 2 is 1.97 bits per heavy atom. The Morgan fingerprint density at radius 3 is 2.61 bits per heavy atom. The smallest absolute Gasteiger partial charge is 0.266 e. The molecule has 2 heterocycles. The van der Waals surface area contributed by atoms with Crippen LogP contribution in [0.1, 0.15) is 30.3 Å². The van der Waals surface area contributed by atoms with E-state index in [-0.39, 0.29) is 34.3 Å². The standard InChI is InChI=1S/C23H27ClN4O4S/c1-4-7-28-16(2)12-18(17(28)3)13-19(15-25)23(29)26-20-5-6-21(24)22(14-20)33(30,31)27-8-10-32-11-9-27/h5-6,12-14H,4,7-11H2,1-3H3,(H,26,29)/b19-13-. The first-order valence-corrected chi connectivity index (χ1v) is 12.5. The minimum atomic E-state index is -3.85. The lowest BCUT2D eigenvalue weighted by Gasteiger charge is -2.26. The molecule has 2 aromatic rings. The van der Waals surface area contributed by atoms with Crippen LogP contribution in [0.15, 0.2) is 34.7 Å². The fraction of sp³-hybridized carbons (Fsp3) is 0.391. The molecule has 0 radical (unpaired) electrons. The van der Waals surface area contributed by atoms with E-state index < -0.39 is 15.9 Å². The minimum Gasteiger partial charge on any atom is -0.379 e. The number of benzene rings is 1. The van der Waals surface area contributed by atoms with Gasteiger partial charge in [-0.25, -0.2) is 8.42 Å². The summed E-state index contributed by atoms with van der Waals surface area (Å²) in [5.41, 5.74) is 2.96. The molecule has 1 aromatic heterocycles. The molecule has 1 aromatic carbocycles. The fourth-order valence-electron chi connectivity index (χ4n) is 3.75. The zero-order chi connectivity index (χ0) is 24.2. The predicted octanol–water partition coefficient (Wildman–Crippen LogP) is 3.73. The van der Waals surface area contributed by atoms with Crippen molar-refractivity contribution in [2.45, 2.75) is 38.6 Å². The van der Waals surface area contributed by atoms with Crippen LogP contribution < -0.4 is 5.32 Å². The number of hydrogen-bond donors (Lipinski definition) is 1. The summed E-state index contributed by atoms with van der Waals surface area (Å²) in [6.45, 7) is 7.94. The van der Waals surface area contributed by atoms with Crippen LogP contribution in [0.25, 0.3) is 6.08 Å². The van der Waals surface area contributed by atoms with E-state index in [1.54, 1.807) is 6.08 Å². The normalized spacial score (nSPS) is 15.3. The van der Waals surface area contributed by atoms with Crippen molar-refractivity contribution in [3.8, 4) is 6.07 Å². The van der Waals surface area contributed by atoms with E-state index in [0.29, 0.717) is 13.2 Å². The number of sulfonamides is 1. The van der Waals surface area contributed by atoms with Crippen LogP contribution in [0.5, 0.6) is 0 Å². The number of carbonyl (C=O) groups is 1. The number of nitriles is 1. The van der Waals surface area contributed by atoms with Crippen LogP contribution >= 0.6 is 11.6 Å². The van der Waals surface area contributed by atoms with Crippen molar-refractivity contribution < 1.29 is 17.9 Å². The number of morpholine rings is 1. The number of nitrogens with zero attached hydrogens (tertiary/aromatic N) is 3. The van der Waals surface area contributed by atoms with E-state index in [2.05, 4.69) is 16.8 Å². The molecule has 8 nitrogen and oxygen atoms in total. The van der Waals surface area contributed by atoms with Gasteiger partial charge in [0.2, 0.25) is 10.0 Å². The monoisotopic (exact) mass is 490 g/mol. The number of carbonyl (C=O) groups excluding carboxylic acids is 1.